The summed E-state index contributed by atoms with van der Waals surface area (Å²) in [4.78, 5) is 23.0. The molecular formula is C33H37N5O6S. The zero-order valence-electron chi connectivity index (χ0n) is 25.2. The van der Waals surface area contributed by atoms with Crippen LogP contribution in [0.2, 0.25) is 0 Å². The molecule has 5 rings (SSSR count). The molecule has 11 nitrogen and oxygen atoms in total. The number of hydrogen-bond acceptors (Lipinski definition) is 9. The first-order valence-corrected chi connectivity index (χ1v) is 15.8. The summed E-state index contributed by atoms with van der Waals surface area (Å²) >= 11 is 1.54. The minimum Gasteiger partial charge on any atom is -0.481 e. The van der Waals surface area contributed by atoms with Crippen LogP contribution in [0.4, 0.5) is 0 Å². The number of carbonyl (C=O) groups excluding carboxylic acids is 1. The highest BCUT2D eigenvalue weighted by Crippen LogP contribution is 2.43. The molecule has 4 atom stereocenters. The van der Waals surface area contributed by atoms with E-state index in [0.717, 1.165) is 33.4 Å². The van der Waals surface area contributed by atoms with Crippen LogP contribution in [-0.4, -0.2) is 54.2 Å². The van der Waals surface area contributed by atoms with E-state index in [1.54, 1.807) is 11.7 Å². The third kappa shape index (κ3) is 8.34. The summed E-state index contributed by atoms with van der Waals surface area (Å²) in [6, 6.07) is 23.7. The molecule has 236 valence electrons. The lowest BCUT2D eigenvalue weighted by Crippen LogP contribution is -2.38. The molecule has 4 aromatic rings. The van der Waals surface area contributed by atoms with E-state index in [1.165, 1.54) is 11.8 Å². The van der Waals surface area contributed by atoms with Crippen molar-refractivity contribution in [1.82, 2.24) is 25.5 Å². The molecule has 1 aliphatic rings. The van der Waals surface area contributed by atoms with Crippen LogP contribution in [0.15, 0.2) is 78.0 Å². The Balaban J connectivity index is 1.32. The Bertz CT molecular complexity index is 1580. The second-order valence-corrected chi connectivity index (χ2v) is 12.0. The monoisotopic (exact) mass is 631 g/mol. The summed E-state index contributed by atoms with van der Waals surface area (Å²) in [5, 5.41) is 33.7. The van der Waals surface area contributed by atoms with Crippen molar-refractivity contribution in [3.63, 3.8) is 0 Å². The zero-order chi connectivity index (χ0) is 31.8. The second kappa shape index (κ2) is 15.3. The van der Waals surface area contributed by atoms with Crippen LogP contribution in [0, 0.1) is 5.92 Å². The number of carboxylic acids is 1. The summed E-state index contributed by atoms with van der Waals surface area (Å²) < 4.78 is 14.8. The summed E-state index contributed by atoms with van der Waals surface area (Å²) in [5.41, 5.74) is 5.66. The maximum absolute atomic E-state index is 12.3. The van der Waals surface area contributed by atoms with Crippen molar-refractivity contribution in [2.75, 3.05) is 5.75 Å². The minimum atomic E-state index is -0.906. The molecule has 3 aromatic carbocycles. The van der Waals surface area contributed by atoms with Crippen molar-refractivity contribution >= 4 is 23.6 Å². The standard InChI is InChI=1S/C33H37N5O6S/c1-21-28(20-45-33-35-36-37-38(33)2)43-32(44-31(21)24-12-10-22(19-39)11-13-24)25-16-14-23(15-17-25)27-7-4-3-6-26(27)18-34-29(40)8-5-9-30(41)42/h3-4,6-7,10-17,21,28,31-32,39H,5,8-9,18-20H2,1-2H3,(H,34,40)(H,41,42)/t21-,28+,31+,32+/m1/s1. The molecule has 1 saturated heterocycles. The molecule has 0 saturated carbocycles. The molecule has 12 heteroatoms. The number of tetrazole rings is 1. The van der Waals surface area contributed by atoms with Gasteiger partial charge >= 0.3 is 5.97 Å². The molecule has 1 aromatic heterocycles. The summed E-state index contributed by atoms with van der Waals surface area (Å²) in [5.74, 6) is -0.420. The molecular weight excluding hydrogens is 594 g/mol. The molecule has 0 bridgehead atoms. The van der Waals surface area contributed by atoms with Crippen LogP contribution >= 0.6 is 11.8 Å². The predicted molar refractivity (Wildman–Crippen MR) is 168 cm³/mol. The van der Waals surface area contributed by atoms with Gasteiger partial charge in [0.2, 0.25) is 11.1 Å². The number of aryl methyl sites for hydroxylation is 1. The van der Waals surface area contributed by atoms with E-state index < -0.39 is 12.3 Å². The van der Waals surface area contributed by atoms with Crippen LogP contribution in [0.1, 0.15) is 60.8 Å². The van der Waals surface area contributed by atoms with Crippen LogP contribution in [0.3, 0.4) is 0 Å². The van der Waals surface area contributed by atoms with Gasteiger partial charge in [-0.05, 0) is 44.7 Å². The van der Waals surface area contributed by atoms with E-state index in [1.807, 2.05) is 72.8 Å². The lowest BCUT2D eigenvalue weighted by atomic mass is 9.91. The number of benzene rings is 3. The Kier molecular flexibility index (Phi) is 11.0. The first-order chi connectivity index (χ1) is 21.8. The number of aliphatic hydroxyl groups is 1. The third-order valence-electron chi connectivity index (χ3n) is 7.86. The number of carboxylic acid groups (broad SMARTS) is 1. The quantitative estimate of drug-likeness (QED) is 0.175. The number of aliphatic carboxylic acids is 1. The van der Waals surface area contributed by atoms with Crippen molar-refractivity contribution in [2.24, 2.45) is 13.0 Å². The number of nitrogens with one attached hydrogen (secondary N) is 1. The van der Waals surface area contributed by atoms with E-state index in [2.05, 4.69) is 27.8 Å². The smallest absolute Gasteiger partial charge is 0.303 e. The number of amides is 1. The van der Waals surface area contributed by atoms with Gasteiger partial charge in [0.1, 0.15) is 0 Å². The number of aliphatic hydroxyl groups excluding tert-OH is 1. The molecule has 3 N–H and O–H groups in total. The van der Waals surface area contributed by atoms with Crippen molar-refractivity contribution in [1.29, 1.82) is 0 Å². The number of hydrogen-bond donors (Lipinski definition) is 3. The van der Waals surface area contributed by atoms with E-state index in [9.17, 15) is 14.7 Å². The lowest BCUT2D eigenvalue weighted by Gasteiger charge is -2.41. The number of thioether (sulfide) groups is 1. The summed E-state index contributed by atoms with van der Waals surface area (Å²) in [7, 11) is 1.81. The SMILES string of the molecule is C[C@@H]1[C@H](CSc2nnnn2C)O[C@H](c2ccc(-c3ccccc3CNC(=O)CCCC(=O)O)cc2)O[C@@H]1c1ccc(CO)cc1. The van der Waals surface area contributed by atoms with E-state index >= 15 is 0 Å². The van der Waals surface area contributed by atoms with Gasteiger partial charge in [-0.3, -0.25) is 9.59 Å². The Morgan fingerprint density at radius 1 is 0.978 bits per heavy atom. The Morgan fingerprint density at radius 2 is 1.71 bits per heavy atom. The molecule has 1 amide bonds. The van der Waals surface area contributed by atoms with Gasteiger partial charge in [-0.25, -0.2) is 4.68 Å². The topological polar surface area (TPSA) is 149 Å². The molecule has 1 aliphatic heterocycles. The maximum atomic E-state index is 12.3. The van der Waals surface area contributed by atoms with E-state index in [-0.39, 0.29) is 43.5 Å². The molecule has 1 fully saturated rings. The molecule has 0 spiro atoms. The van der Waals surface area contributed by atoms with Crippen LogP contribution < -0.4 is 5.32 Å². The number of aromatic nitrogens is 4. The lowest BCUT2D eigenvalue weighted by molar-refractivity contribution is -0.268. The van der Waals surface area contributed by atoms with Crippen molar-refractivity contribution in [3.8, 4) is 11.1 Å². The number of carbonyl (C=O) groups is 2. The zero-order valence-corrected chi connectivity index (χ0v) is 26.0. The highest BCUT2D eigenvalue weighted by atomic mass is 32.2. The molecule has 45 heavy (non-hydrogen) atoms. The highest BCUT2D eigenvalue weighted by molar-refractivity contribution is 7.99. The van der Waals surface area contributed by atoms with Crippen LogP contribution in [0.25, 0.3) is 11.1 Å². The Labute approximate surface area is 266 Å². The van der Waals surface area contributed by atoms with Crippen molar-refractivity contribution in [3.05, 3.63) is 95.1 Å². The summed E-state index contributed by atoms with van der Waals surface area (Å²) in [6.07, 6.45) is -0.558. The van der Waals surface area contributed by atoms with E-state index in [4.69, 9.17) is 14.6 Å². The van der Waals surface area contributed by atoms with Crippen molar-refractivity contribution in [2.45, 2.75) is 63.0 Å². The third-order valence-corrected chi connectivity index (χ3v) is 8.96. The Morgan fingerprint density at radius 3 is 2.40 bits per heavy atom. The van der Waals surface area contributed by atoms with Crippen LogP contribution in [-0.2, 0) is 39.3 Å². The molecule has 0 aliphatic carbocycles. The fourth-order valence-electron chi connectivity index (χ4n) is 5.27. The minimum absolute atomic E-state index is 0.0211. The van der Waals surface area contributed by atoms with Gasteiger partial charge in [0.15, 0.2) is 6.29 Å². The van der Waals surface area contributed by atoms with Gasteiger partial charge in [-0.1, -0.05) is 91.5 Å². The first-order valence-electron chi connectivity index (χ1n) is 14.8. The number of rotatable bonds is 13. The molecule has 0 unspecified atom stereocenters. The number of nitrogens with zero attached hydrogens (tertiary/aromatic N) is 4. The van der Waals surface area contributed by atoms with Gasteiger partial charge in [0.25, 0.3) is 0 Å². The predicted octanol–water partition coefficient (Wildman–Crippen LogP) is 4.82. The van der Waals surface area contributed by atoms with Gasteiger partial charge in [0.05, 0.1) is 18.8 Å². The molecule has 0 radical (unpaired) electrons. The average molecular weight is 632 g/mol. The van der Waals surface area contributed by atoms with Crippen molar-refractivity contribution < 1.29 is 29.3 Å². The largest absolute Gasteiger partial charge is 0.481 e. The maximum Gasteiger partial charge on any atom is 0.303 e. The van der Waals surface area contributed by atoms with Crippen LogP contribution in [0.5, 0.6) is 0 Å². The summed E-state index contributed by atoms with van der Waals surface area (Å²) in [6.45, 7) is 2.44. The van der Waals surface area contributed by atoms with Gasteiger partial charge in [0, 0.05) is 43.7 Å². The first kappa shape index (κ1) is 32.3. The fraction of sp³-hybridized carbons (Fsp3) is 0.364. The average Bonchev–Trinajstić information content (AvgIpc) is 3.47. The fourth-order valence-corrected chi connectivity index (χ4v) is 6.28. The second-order valence-electron chi connectivity index (χ2n) is 11.0. The normalized spacial score (nSPS) is 19.7. The highest BCUT2D eigenvalue weighted by Gasteiger charge is 2.38. The van der Waals surface area contributed by atoms with E-state index in [0.29, 0.717) is 23.9 Å². The van der Waals surface area contributed by atoms with Gasteiger partial charge in [-0.2, -0.15) is 0 Å². The number of ether oxygens (including phenoxy) is 2. The van der Waals surface area contributed by atoms with Gasteiger partial charge in [-0.15, -0.1) is 5.10 Å². The molecule has 2 heterocycles. The Hall–Kier alpha value is -4.10. The van der Waals surface area contributed by atoms with Gasteiger partial charge < -0.3 is 25.0 Å².